The fraction of sp³-hybridized carbons (Fsp3) is 0.800. The van der Waals surface area contributed by atoms with Gasteiger partial charge in [-0.3, -0.25) is 0 Å². The standard InChI is InChI=1S/C10H18O4S3.2Na/c1-2-15-3-4-16-5-6-17-7-8(9(11)12)10(13)14;;/h8H,2-7H2,1H3,(H,11,12)(H,13,14);;/q;2*+1/p-2. The first-order chi connectivity index (χ1) is 8.09. The number of carboxylic acid groups (broad SMARTS) is 2. The molecule has 0 amide bonds. The second-order valence-electron chi connectivity index (χ2n) is 3.07. The van der Waals surface area contributed by atoms with Crippen molar-refractivity contribution in [3.63, 3.8) is 0 Å². The quantitative estimate of drug-likeness (QED) is 0.210. The fourth-order valence-electron chi connectivity index (χ4n) is 0.916. The Balaban J connectivity index is -0.00000128. The Morgan fingerprint density at radius 2 is 1.32 bits per heavy atom. The first-order valence-corrected chi connectivity index (χ1v) is 8.71. The van der Waals surface area contributed by atoms with Crippen LogP contribution < -0.4 is 69.3 Å². The average molecular weight is 342 g/mol. The number of carbonyl (C=O) groups excluding carboxylic acids is 2. The van der Waals surface area contributed by atoms with E-state index in [2.05, 4.69) is 6.92 Å². The molecular weight excluding hydrogens is 326 g/mol. The Labute approximate surface area is 171 Å². The molecule has 0 unspecified atom stereocenters. The summed E-state index contributed by atoms with van der Waals surface area (Å²) in [5.74, 6) is 0.356. The smallest absolute Gasteiger partial charge is 0.549 e. The summed E-state index contributed by atoms with van der Waals surface area (Å²) < 4.78 is 0. The van der Waals surface area contributed by atoms with Gasteiger partial charge in [0, 0.05) is 34.7 Å². The van der Waals surface area contributed by atoms with Gasteiger partial charge in [0.2, 0.25) is 0 Å². The van der Waals surface area contributed by atoms with Crippen LogP contribution in [0.4, 0.5) is 0 Å². The number of hydrogen-bond donors (Lipinski definition) is 0. The molecule has 0 aromatic heterocycles. The summed E-state index contributed by atoms with van der Waals surface area (Å²) in [6, 6.07) is 0. The largest absolute Gasteiger partial charge is 1.00 e. The van der Waals surface area contributed by atoms with E-state index in [-0.39, 0.29) is 64.9 Å². The van der Waals surface area contributed by atoms with E-state index in [0.717, 1.165) is 28.8 Å². The first kappa shape index (κ1) is 25.9. The van der Waals surface area contributed by atoms with Crippen molar-refractivity contribution in [2.75, 3.05) is 34.5 Å². The average Bonchev–Trinajstić information content (AvgIpc) is 2.26. The van der Waals surface area contributed by atoms with Crippen LogP contribution in [0, 0.1) is 5.92 Å². The summed E-state index contributed by atoms with van der Waals surface area (Å²) in [5, 5.41) is 20.9. The summed E-state index contributed by atoms with van der Waals surface area (Å²) in [7, 11) is 0. The van der Waals surface area contributed by atoms with Crippen molar-refractivity contribution < 1.29 is 78.9 Å². The summed E-state index contributed by atoms with van der Waals surface area (Å²) in [5.41, 5.74) is 0. The molecule has 0 saturated carbocycles. The monoisotopic (exact) mass is 342 g/mol. The summed E-state index contributed by atoms with van der Waals surface area (Å²) in [4.78, 5) is 20.9. The predicted octanol–water partition coefficient (Wildman–Crippen LogP) is -6.67. The SMILES string of the molecule is CCSCCSCCSCC(C(=O)[O-])C(=O)[O-].[Na+].[Na+]. The van der Waals surface area contributed by atoms with Crippen molar-refractivity contribution >= 4 is 47.2 Å². The van der Waals surface area contributed by atoms with Crippen molar-refractivity contribution in [2.24, 2.45) is 5.92 Å². The molecule has 100 valence electrons. The van der Waals surface area contributed by atoms with Crippen LogP contribution in [0.3, 0.4) is 0 Å². The van der Waals surface area contributed by atoms with Gasteiger partial charge in [-0.2, -0.15) is 35.3 Å². The number of hydrogen-bond acceptors (Lipinski definition) is 7. The second kappa shape index (κ2) is 18.0. The van der Waals surface area contributed by atoms with Crippen molar-refractivity contribution in [1.82, 2.24) is 0 Å². The van der Waals surface area contributed by atoms with E-state index in [9.17, 15) is 19.8 Å². The Bertz CT molecular complexity index is 231. The number of rotatable bonds is 11. The van der Waals surface area contributed by atoms with Crippen molar-refractivity contribution in [3.8, 4) is 0 Å². The third-order valence-electron chi connectivity index (χ3n) is 1.80. The molecule has 0 atom stereocenters. The van der Waals surface area contributed by atoms with Gasteiger partial charge in [-0.15, -0.1) is 0 Å². The molecule has 9 heteroatoms. The Hall–Kier alpha value is 1.99. The van der Waals surface area contributed by atoms with Crippen LogP contribution in [0.5, 0.6) is 0 Å². The maximum absolute atomic E-state index is 10.4. The first-order valence-electron chi connectivity index (χ1n) is 5.24. The van der Waals surface area contributed by atoms with Crippen LogP contribution in [0.25, 0.3) is 0 Å². The zero-order valence-corrected chi connectivity index (χ0v) is 18.1. The van der Waals surface area contributed by atoms with Crippen molar-refractivity contribution in [3.05, 3.63) is 0 Å². The number of carbonyl (C=O) groups is 2. The number of aliphatic carboxylic acids is 2. The number of thioether (sulfide) groups is 3. The Kier molecular flexibility index (Phi) is 24.6. The maximum atomic E-state index is 10.4. The molecule has 0 fully saturated rings. The number of carboxylic acids is 2. The van der Waals surface area contributed by atoms with Crippen LogP contribution in [0.1, 0.15) is 6.92 Å². The van der Waals surface area contributed by atoms with Gasteiger partial charge in [-0.25, -0.2) is 0 Å². The molecule has 0 radical (unpaired) electrons. The molecule has 19 heavy (non-hydrogen) atoms. The zero-order chi connectivity index (χ0) is 13.1. The molecule has 0 spiro atoms. The van der Waals surface area contributed by atoms with E-state index in [1.807, 2.05) is 11.8 Å². The molecule has 0 aliphatic carbocycles. The zero-order valence-electron chi connectivity index (χ0n) is 11.7. The summed E-state index contributed by atoms with van der Waals surface area (Å²) >= 11 is 4.99. The van der Waals surface area contributed by atoms with Crippen molar-refractivity contribution in [2.45, 2.75) is 6.92 Å². The van der Waals surface area contributed by atoms with Crippen LogP contribution in [-0.4, -0.2) is 46.5 Å². The topological polar surface area (TPSA) is 80.3 Å². The van der Waals surface area contributed by atoms with Gasteiger partial charge >= 0.3 is 59.1 Å². The molecule has 0 aromatic rings. The summed E-state index contributed by atoms with van der Waals surface area (Å²) in [6.07, 6.45) is 0. The predicted molar refractivity (Wildman–Crippen MR) is 71.2 cm³/mol. The molecule has 0 aliphatic rings. The Morgan fingerprint density at radius 1 is 0.895 bits per heavy atom. The van der Waals surface area contributed by atoms with Gasteiger partial charge in [0.1, 0.15) is 0 Å². The van der Waals surface area contributed by atoms with Gasteiger partial charge in [0.05, 0.1) is 11.9 Å². The fourth-order valence-corrected chi connectivity index (χ4v) is 3.97. The second-order valence-corrected chi connectivity index (χ2v) is 6.84. The van der Waals surface area contributed by atoms with Crippen LogP contribution >= 0.6 is 35.3 Å². The molecule has 0 bridgehead atoms. The van der Waals surface area contributed by atoms with E-state index >= 15 is 0 Å². The van der Waals surface area contributed by atoms with E-state index in [4.69, 9.17) is 0 Å². The van der Waals surface area contributed by atoms with Gasteiger partial charge in [0.15, 0.2) is 0 Å². The van der Waals surface area contributed by atoms with Gasteiger partial charge in [-0.05, 0) is 5.75 Å². The van der Waals surface area contributed by atoms with Crippen LogP contribution in [0.2, 0.25) is 0 Å². The van der Waals surface area contributed by atoms with E-state index < -0.39 is 17.9 Å². The Morgan fingerprint density at radius 3 is 1.74 bits per heavy atom. The minimum Gasteiger partial charge on any atom is -0.549 e. The third-order valence-corrected chi connectivity index (χ3v) is 5.27. The molecule has 0 rings (SSSR count). The van der Waals surface area contributed by atoms with E-state index in [1.54, 1.807) is 11.8 Å². The van der Waals surface area contributed by atoms with Gasteiger partial charge < -0.3 is 19.8 Å². The van der Waals surface area contributed by atoms with Crippen LogP contribution in [0.15, 0.2) is 0 Å². The van der Waals surface area contributed by atoms with Gasteiger partial charge in [-0.1, -0.05) is 6.92 Å². The molecule has 0 heterocycles. The normalized spacial score (nSPS) is 9.58. The molecule has 0 N–H and O–H groups in total. The molecule has 4 nitrogen and oxygen atoms in total. The van der Waals surface area contributed by atoms with Crippen molar-refractivity contribution in [1.29, 1.82) is 0 Å². The minimum absolute atomic E-state index is 0. The molecule has 0 aromatic carbocycles. The molecule has 0 saturated heterocycles. The molecule has 0 aliphatic heterocycles. The van der Waals surface area contributed by atoms with Gasteiger partial charge in [0.25, 0.3) is 0 Å². The molecular formula is C10H16Na2O4S3. The maximum Gasteiger partial charge on any atom is 1.00 e. The summed E-state index contributed by atoms with van der Waals surface area (Å²) in [6.45, 7) is 2.12. The third kappa shape index (κ3) is 16.2. The van der Waals surface area contributed by atoms with E-state index in [1.165, 1.54) is 11.8 Å². The minimum atomic E-state index is -1.57. The van der Waals surface area contributed by atoms with E-state index in [0.29, 0.717) is 0 Å². The van der Waals surface area contributed by atoms with Crippen LogP contribution in [-0.2, 0) is 9.59 Å².